The van der Waals surface area contributed by atoms with E-state index in [1.165, 1.54) is 45.1 Å². The maximum Gasteiger partial charge on any atom is 0.0729 e. The molecule has 21 heavy (non-hydrogen) atoms. The van der Waals surface area contributed by atoms with E-state index in [-0.39, 0.29) is 5.60 Å². The number of ether oxygens (including phenoxy) is 2. The second kappa shape index (κ2) is 6.55. The molecule has 0 aliphatic carbocycles. The predicted octanol–water partition coefficient (Wildman–Crippen LogP) is 3.52. The third-order valence-electron chi connectivity index (χ3n) is 6.38. The van der Waals surface area contributed by atoms with Gasteiger partial charge in [-0.1, -0.05) is 26.7 Å². The third kappa shape index (κ3) is 3.16. The van der Waals surface area contributed by atoms with Crippen LogP contribution in [0.4, 0.5) is 0 Å². The van der Waals surface area contributed by atoms with Crippen molar-refractivity contribution in [3.8, 4) is 0 Å². The topological polar surface area (TPSA) is 30.5 Å². The Kier molecular flexibility index (Phi) is 4.92. The highest BCUT2D eigenvalue weighted by atomic mass is 16.5. The first-order chi connectivity index (χ1) is 10.2. The molecule has 3 fully saturated rings. The summed E-state index contributed by atoms with van der Waals surface area (Å²) in [7, 11) is 0. The van der Waals surface area contributed by atoms with E-state index in [4.69, 9.17) is 9.47 Å². The monoisotopic (exact) mass is 295 g/mol. The van der Waals surface area contributed by atoms with Crippen LogP contribution < -0.4 is 5.32 Å². The van der Waals surface area contributed by atoms with Crippen molar-refractivity contribution in [2.75, 3.05) is 26.4 Å². The van der Waals surface area contributed by atoms with E-state index >= 15 is 0 Å². The summed E-state index contributed by atoms with van der Waals surface area (Å²) in [6.45, 7) is 8.75. The van der Waals surface area contributed by atoms with Gasteiger partial charge in [-0.15, -0.1) is 0 Å². The van der Waals surface area contributed by atoms with Crippen LogP contribution in [0.5, 0.6) is 0 Å². The van der Waals surface area contributed by atoms with Gasteiger partial charge in [-0.3, -0.25) is 0 Å². The highest BCUT2D eigenvalue weighted by molar-refractivity contribution is 5.03. The first kappa shape index (κ1) is 15.8. The van der Waals surface area contributed by atoms with Crippen molar-refractivity contribution in [1.82, 2.24) is 5.32 Å². The number of rotatable bonds is 2. The minimum atomic E-state index is 0.122. The molecule has 0 bridgehead atoms. The quantitative estimate of drug-likeness (QED) is 0.845. The van der Waals surface area contributed by atoms with Crippen LogP contribution in [0.2, 0.25) is 0 Å². The molecule has 2 atom stereocenters. The van der Waals surface area contributed by atoms with Crippen LogP contribution in [-0.4, -0.2) is 37.5 Å². The van der Waals surface area contributed by atoms with Gasteiger partial charge in [0.05, 0.1) is 5.60 Å². The van der Waals surface area contributed by atoms with Gasteiger partial charge in [-0.2, -0.15) is 0 Å². The average Bonchev–Trinajstić information content (AvgIpc) is 2.75. The van der Waals surface area contributed by atoms with Gasteiger partial charge >= 0.3 is 0 Å². The Hall–Kier alpha value is -0.120. The van der Waals surface area contributed by atoms with E-state index in [9.17, 15) is 0 Å². The van der Waals surface area contributed by atoms with Gasteiger partial charge in [0.2, 0.25) is 0 Å². The normalized spacial score (nSPS) is 37.6. The second-order valence-corrected chi connectivity index (χ2v) is 7.77. The molecule has 0 amide bonds. The molecule has 3 aliphatic heterocycles. The largest absolute Gasteiger partial charge is 0.381 e. The smallest absolute Gasteiger partial charge is 0.0729 e. The number of nitrogens with one attached hydrogen (secondary N) is 1. The van der Waals surface area contributed by atoms with E-state index in [1.54, 1.807) is 0 Å². The van der Waals surface area contributed by atoms with Gasteiger partial charge in [0.25, 0.3) is 0 Å². The summed E-state index contributed by atoms with van der Waals surface area (Å²) in [5.74, 6) is 1.47. The van der Waals surface area contributed by atoms with Crippen LogP contribution in [0.25, 0.3) is 0 Å². The SMILES string of the molecule is CC(C)C1(C2CCOC3(CCOCC3)C2)CCCCCN1. The van der Waals surface area contributed by atoms with Gasteiger partial charge in [-0.25, -0.2) is 0 Å². The van der Waals surface area contributed by atoms with Crippen molar-refractivity contribution in [3.05, 3.63) is 0 Å². The summed E-state index contributed by atoms with van der Waals surface area (Å²) in [6.07, 6.45) is 10.1. The zero-order chi connectivity index (χ0) is 14.8. The molecular formula is C18H33NO2. The Labute approximate surface area is 130 Å². The highest BCUT2D eigenvalue weighted by Gasteiger charge is 2.48. The fraction of sp³-hybridized carbons (Fsp3) is 1.00. The molecule has 0 saturated carbocycles. The Morgan fingerprint density at radius 3 is 2.57 bits per heavy atom. The van der Waals surface area contributed by atoms with Gasteiger partial charge in [0.15, 0.2) is 0 Å². The minimum absolute atomic E-state index is 0.122. The lowest BCUT2D eigenvalue weighted by atomic mass is 9.65. The molecule has 0 aromatic rings. The second-order valence-electron chi connectivity index (χ2n) is 7.77. The molecule has 0 aromatic heterocycles. The van der Waals surface area contributed by atoms with Crippen molar-refractivity contribution < 1.29 is 9.47 Å². The lowest BCUT2D eigenvalue weighted by Gasteiger charge is -2.52. The van der Waals surface area contributed by atoms with Crippen LogP contribution in [-0.2, 0) is 9.47 Å². The van der Waals surface area contributed by atoms with Crippen molar-refractivity contribution in [3.63, 3.8) is 0 Å². The van der Waals surface area contributed by atoms with Crippen LogP contribution >= 0.6 is 0 Å². The maximum absolute atomic E-state index is 6.28. The lowest BCUT2D eigenvalue weighted by Crippen LogP contribution is -2.59. The molecule has 122 valence electrons. The summed E-state index contributed by atoms with van der Waals surface area (Å²) in [4.78, 5) is 0. The van der Waals surface area contributed by atoms with Crippen molar-refractivity contribution >= 4 is 0 Å². The minimum Gasteiger partial charge on any atom is -0.381 e. The Balaban J connectivity index is 1.78. The summed E-state index contributed by atoms with van der Waals surface area (Å²) in [5, 5.41) is 4.00. The molecule has 3 heteroatoms. The van der Waals surface area contributed by atoms with Crippen molar-refractivity contribution in [2.45, 2.75) is 76.4 Å². The van der Waals surface area contributed by atoms with Gasteiger partial charge in [0.1, 0.15) is 0 Å². The molecular weight excluding hydrogens is 262 g/mol. The summed E-state index contributed by atoms with van der Waals surface area (Å²) < 4.78 is 11.9. The van der Waals surface area contributed by atoms with Crippen molar-refractivity contribution in [1.29, 1.82) is 0 Å². The summed E-state index contributed by atoms with van der Waals surface area (Å²) in [6, 6.07) is 0. The lowest BCUT2D eigenvalue weighted by molar-refractivity contribution is -0.159. The van der Waals surface area contributed by atoms with E-state index in [2.05, 4.69) is 19.2 Å². The maximum atomic E-state index is 6.28. The van der Waals surface area contributed by atoms with E-state index < -0.39 is 0 Å². The molecule has 3 saturated heterocycles. The van der Waals surface area contributed by atoms with E-state index in [0.717, 1.165) is 38.6 Å². The molecule has 3 aliphatic rings. The first-order valence-corrected chi connectivity index (χ1v) is 9.14. The predicted molar refractivity (Wildman–Crippen MR) is 85.5 cm³/mol. The van der Waals surface area contributed by atoms with Crippen molar-refractivity contribution in [2.24, 2.45) is 11.8 Å². The van der Waals surface area contributed by atoms with Crippen LogP contribution in [0, 0.1) is 11.8 Å². The number of hydrogen-bond donors (Lipinski definition) is 1. The molecule has 1 N–H and O–H groups in total. The number of hydrogen-bond acceptors (Lipinski definition) is 3. The Bertz CT molecular complexity index is 323. The van der Waals surface area contributed by atoms with Gasteiger partial charge < -0.3 is 14.8 Å². The molecule has 3 heterocycles. The fourth-order valence-electron chi connectivity index (χ4n) is 5.00. The first-order valence-electron chi connectivity index (χ1n) is 9.14. The molecule has 3 nitrogen and oxygen atoms in total. The molecule has 1 spiro atoms. The standard InChI is InChI=1S/C18H33NO2/c1-15(2)18(7-4-3-5-10-19-18)16-6-11-21-17(14-16)8-12-20-13-9-17/h15-16,19H,3-14H2,1-2H3. The van der Waals surface area contributed by atoms with Crippen LogP contribution in [0.15, 0.2) is 0 Å². The van der Waals surface area contributed by atoms with Crippen LogP contribution in [0.1, 0.15) is 65.2 Å². The molecule has 2 unspecified atom stereocenters. The summed E-state index contributed by atoms with van der Waals surface area (Å²) in [5.41, 5.74) is 0.461. The third-order valence-corrected chi connectivity index (χ3v) is 6.38. The summed E-state index contributed by atoms with van der Waals surface area (Å²) >= 11 is 0. The Morgan fingerprint density at radius 1 is 1.00 bits per heavy atom. The fourth-order valence-corrected chi connectivity index (χ4v) is 5.00. The Morgan fingerprint density at radius 2 is 1.81 bits per heavy atom. The van der Waals surface area contributed by atoms with E-state index in [1.807, 2.05) is 0 Å². The molecule has 3 rings (SSSR count). The van der Waals surface area contributed by atoms with Gasteiger partial charge in [-0.05, 0) is 56.9 Å². The molecule has 0 radical (unpaired) electrons. The highest BCUT2D eigenvalue weighted by Crippen LogP contribution is 2.45. The van der Waals surface area contributed by atoms with Gasteiger partial charge in [0, 0.05) is 25.4 Å². The average molecular weight is 295 g/mol. The zero-order valence-electron chi connectivity index (χ0n) is 14.0. The molecule has 0 aromatic carbocycles. The van der Waals surface area contributed by atoms with Crippen LogP contribution in [0.3, 0.4) is 0 Å². The van der Waals surface area contributed by atoms with E-state index in [0.29, 0.717) is 11.5 Å². The zero-order valence-corrected chi connectivity index (χ0v) is 14.0.